The number of aromatic nitrogens is 1. The zero-order valence-electron chi connectivity index (χ0n) is 22.5. The lowest BCUT2D eigenvalue weighted by molar-refractivity contribution is 0.209. The van der Waals surface area contributed by atoms with Crippen molar-refractivity contribution in [2.24, 2.45) is 0 Å². The highest BCUT2D eigenvalue weighted by Gasteiger charge is 2.13. The Hall–Kier alpha value is -3.73. The van der Waals surface area contributed by atoms with Crippen molar-refractivity contribution in [2.45, 2.75) is 72.1 Å². The Bertz CT molecular complexity index is 1280. The van der Waals surface area contributed by atoms with Gasteiger partial charge in [-0.25, -0.2) is 0 Å². The van der Waals surface area contributed by atoms with E-state index >= 15 is 0 Å². The minimum Gasteiger partial charge on any atom is -0.491 e. The molecule has 0 spiro atoms. The number of para-hydroxylation sites is 1. The van der Waals surface area contributed by atoms with Crippen LogP contribution in [0.4, 0.5) is 11.4 Å². The molecular weight excluding hydrogens is 458 g/mol. The first-order chi connectivity index (χ1) is 18.0. The molecule has 0 aliphatic carbocycles. The maximum absolute atomic E-state index is 6.20. The monoisotopic (exact) mass is 497 g/mol. The van der Waals surface area contributed by atoms with Crippen LogP contribution in [0.5, 0.6) is 11.5 Å². The molecule has 0 aliphatic heterocycles. The largest absolute Gasteiger partial charge is 0.491 e. The van der Waals surface area contributed by atoms with Crippen LogP contribution < -0.4 is 19.9 Å². The molecule has 1 aromatic heterocycles. The van der Waals surface area contributed by atoms with Gasteiger partial charge in [0.15, 0.2) is 0 Å². The lowest BCUT2D eigenvalue weighted by Gasteiger charge is -2.28. The molecule has 0 fully saturated rings. The van der Waals surface area contributed by atoms with Crippen LogP contribution in [-0.4, -0.2) is 17.2 Å². The summed E-state index contributed by atoms with van der Waals surface area (Å²) in [5.41, 5.74) is 7.70. The molecule has 2 atom stereocenters. The van der Waals surface area contributed by atoms with Crippen molar-refractivity contribution in [3.63, 3.8) is 0 Å². The first kappa shape index (κ1) is 26.3. The van der Waals surface area contributed by atoms with Crippen LogP contribution in [0, 0.1) is 0 Å². The van der Waals surface area contributed by atoms with Gasteiger partial charge in [0.25, 0.3) is 0 Å². The summed E-state index contributed by atoms with van der Waals surface area (Å²) in [5, 5.41) is 3.27. The Kier molecular flexibility index (Phi) is 9.25. The van der Waals surface area contributed by atoms with Crippen LogP contribution in [0.3, 0.4) is 0 Å². The summed E-state index contributed by atoms with van der Waals surface area (Å²) in [6.07, 6.45) is 6.55. The van der Waals surface area contributed by atoms with Gasteiger partial charge < -0.3 is 9.47 Å². The van der Waals surface area contributed by atoms with Gasteiger partial charge in [0.2, 0.25) is 0 Å². The second kappa shape index (κ2) is 13.0. The number of hydrogen-bond donors (Lipinski definition) is 1. The van der Waals surface area contributed by atoms with Crippen LogP contribution in [0.1, 0.15) is 58.9 Å². The molecule has 0 saturated carbocycles. The normalized spacial score (nSPS) is 12.6. The van der Waals surface area contributed by atoms with Crippen LogP contribution in [-0.2, 0) is 6.54 Å². The van der Waals surface area contributed by atoms with Crippen LogP contribution in [0.15, 0.2) is 85.1 Å². The van der Waals surface area contributed by atoms with E-state index in [2.05, 4.69) is 79.5 Å². The van der Waals surface area contributed by atoms with E-state index in [-0.39, 0.29) is 12.2 Å². The molecule has 0 radical (unpaired) electrons. The van der Waals surface area contributed by atoms with Crippen LogP contribution >= 0.6 is 0 Å². The SMILES string of the molecule is CCCC(C)Oc1cccc(NN(Cc2cnc3ccccc3c2)c2cccc(OC(C)CCC)c2)c1. The Morgan fingerprint density at radius 2 is 1.46 bits per heavy atom. The van der Waals surface area contributed by atoms with Crippen molar-refractivity contribution in [2.75, 3.05) is 10.4 Å². The van der Waals surface area contributed by atoms with Crippen molar-refractivity contribution >= 4 is 22.3 Å². The number of ether oxygens (including phenoxy) is 2. The van der Waals surface area contributed by atoms with Gasteiger partial charge in [-0.3, -0.25) is 15.4 Å². The maximum Gasteiger partial charge on any atom is 0.121 e. The summed E-state index contributed by atoms with van der Waals surface area (Å²) in [4.78, 5) is 4.68. The molecule has 0 amide bonds. The summed E-state index contributed by atoms with van der Waals surface area (Å²) >= 11 is 0. The zero-order valence-corrected chi connectivity index (χ0v) is 22.5. The molecule has 1 heterocycles. The van der Waals surface area contributed by atoms with Crippen molar-refractivity contribution in [1.29, 1.82) is 0 Å². The maximum atomic E-state index is 6.20. The average Bonchev–Trinajstić information content (AvgIpc) is 2.89. The van der Waals surface area contributed by atoms with Crippen molar-refractivity contribution in [3.8, 4) is 11.5 Å². The van der Waals surface area contributed by atoms with Gasteiger partial charge in [-0.05, 0) is 68.7 Å². The molecule has 1 N–H and O–H groups in total. The van der Waals surface area contributed by atoms with Crippen molar-refractivity contribution < 1.29 is 9.47 Å². The number of rotatable bonds is 13. The summed E-state index contributed by atoms with van der Waals surface area (Å²) in [6.45, 7) is 9.23. The number of benzene rings is 3. The Morgan fingerprint density at radius 1 is 0.784 bits per heavy atom. The Morgan fingerprint density at radius 3 is 2.19 bits per heavy atom. The highest BCUT2D eigenvalue weighted by Crippen LogP contribution is 2.27. The number of nitrogens with one attached hydrogen (secondary N) is 1. The van der Waals surface area contributed by atoms with Crippen molar-refractivity contribution in [1.82, 2.24) is 4.98 Å². The van der Waals surface area contributed by atoms with Crippen LogP contribution in [0.25, 0.3) is 10.9 Å². The van der Waals surface area contributed by atoms with Gasteiger partial charge in [0.05, 0.1) is 35.6 Å². The van der Waals surface area contributed by atoms with Gasteiger partial charge in [0.1, 0.15) is 11.5 Å². The van der Waals surface area contributed by atoms with E-state index < -0.39 is 0 Å². The lowest BCUT2D eigenvalue weighted by Crippen LogP contribution is -2.29. The van der Waals surface area contributed by atoms with Gasteiger partial charge in [0, 0.05) is 23.7 Å². The second-order valence-electron chi connectivity index (χ2n) is 9.69. The van der Waals surface area contributed by atoms with E-state index in [0.29, 0.717) is 6.54 Å². The zero-order chi connectivity index (χ0) is 26.0. The van der Waals surface area contributed by atoms with E-state index in [9.17, 15) is 0 Å². The molecular formula is C32H39N3O2. The van der Waals surface area contributed by atoms with Gasteiger partial charge in [-0.15, -0.1) is 0 Å². The molecule has 5 heteroatoms. The quantitative estimate of drug-likeness (QED) is 0.188. The molecule has 194 valence electrons. The van der Waals surface area contributed by atoms with Crippen molar-refractivity contribution in [3.05, 3.63) is 90.6 Å². The second-order valence-corrected chi connectivity index (χ2v) is 9.69. The third-order valence-electron chi connectivity index (χ3n) is 6.28. The molecule has 4 aromatic rings. The molecule has 4 rings (SSSR count). The fourth-order valence-corrected chi connectivity index (χ4v) is 4.50. The van der Waals surface area contributed by atoms with Crippen LogP contribution in [0.2, 0.25) is 0 Å². The fraction of sp³-hybridized carbons (Fsp3) is 0.344. The number of fused-ring (bicyclic) bond motifs is 1. The highest BCUT2D eigenvalue weighted by molar-refractivity contribution is 5.78. The van der Waals surface area contributed by atoms with Gasteiger partial charge >= 0.3 is 0 Å². The van der Waals surface area contributed by atoms with E-state index in [0.717, 1.165) is 65.0 Å². The molecule has 5 nitrogen and oxygen atoms in total. The van der Waals surface area contributed by atoms with E-state index in [1.807, 2.05) is 48.7 Å². The minimum absolute atomic E-state index is 0.172. The molecule has 0 saturated heterocycles. The third kappa shape index (κ3) is 7.63. The molecule has 2 unspecified atom stereocenters. The highest BCUT2D eigenvalue weighted by atomic mass is 16.5. The summed E-state index contributed by atoms with van der Waals surface area (Å²) in [5.74, 6) is 1.73. The number of anilines is 2. The average molecular weight is 498 g/mol. The summed E-state index contributed by atoms with van der Waals surface area (Å²) in [7, 11) is 0. The Labute approximate surface area is 221 Å². The van der Waals surface area contributed by atoms with E-state index in [1.165, 1.54) is 0 Å². The molecule has 0 bridgehead atoms. The summed E-state index contributed by atoms with van der Waals surface area (Å²) < 4.78 is 12.3. The third-order valence-corrected chi connectivity index (χ3v) is 6.28. The first-order valence-corrected chi connectivity index (χ1v) is 13.4. The fourth-order valence-electron chi connectivity index (χ4n) is 4.50. The molecule has 3 aromatic carbocycles. The van der Waals surface area contributed by atoms with Gasteiger partial charge in [-0.1, -0.05) is 57.0 Å². The first-order valence-electron chi connectivity index (χ1n) is 13.4. The predicted molar refractivity (Wildman–Crippen MR) is 154 cm³/mol. The minimum atomic E-state index is 0.172. The smallest absolute Gasteiger partial charge is 0.121 e. The van der Waals surface area contributed by atoms with E-state index in [1.54, 1.807) is 0 Å². The number of hydrazine groups is 1. The van der Waals surface area contributed by atoms with E-state index in [4.69, 9.17) is 9.47 Å². The predicted octanol–water partition coefficient (Wildman–Crippen LogP) is 8.40. The lowest BCUT2D eigenvalue weighted by atomic mass is 10.1. The summed E-state index contributed by atoms with van der Waals surface area (Å²) in [6, 6.07) is 26.8. The topological polar surface area (TPSA) is 46.6 Å². The number of nitrogens with zero attached hydrogens (tertiary/aromatic N) is 2. The molecule has 37 heavy (non-hydrogen) atoms. The standard InChI is InChI=1S/C32H39N3O2/c1-5-11-24(3)36-30-16-9-14-28(20-30)34-35(23-26-19-27-13-7-8-18-32(27)33-22-26)29-15-10-17-31(21-29)37-25(4)12-6-2/h7-10,13-22,24-25,34H,5-6,11-12,23H2,1-4H3. The molecule has 0 aliphatic rings. The number of pyridine rings is 1. The van der Waals surface area contributed by atoms with Gasteiger partial charge in [-0.2, -0.15) is 0 Å². The number of hydrogen-bond acceptors (Lipinski definition) is 5. The Balaban J connectivity index is 1.61.